The first-order chi connectivity index (χ1) is 9.25. The molecule has 0 radical (unpaired) electrons. The smallest absolute Gasteiger partial charge is 0.317 e. The number of carbonyl (C=O) groups is 1. The highest BCUT2D eigenvalue weighted by molar-refractivity contribution is 5.74. The average molecular weight is 264 g/mol. The minimum atomic E-state index is -0.0452. The zero-order valence-corrected chi connectivity index (χ0v) is 11.2. The molecule has 1 aliphatic rings. The Morgan fingerprint density at radius 1 is 1.42 bits per heavy atom. The fourth-order valence-electron chi connectivity index (χ4n) is 1.91. The van der Waals surface area contributed by atoms with E-state index in [1.807, 2.05) is 31.2 Å². The number of hydrogen-bond acceptors (Lipinski definition) is 3. The Kier molecular flexibility index (Phi) is 5.03. The monoisotopic (exact) mass is 264 g/mol. The standard InChI is InChI=1S/C14H20N2O3/c1-12-3-2-4-13(11-12)19-8-5-15-14(17)16-6-9-18-10-7-16/h2-4,11H,5-10H2,1H3,(H,15,17). The van der Waals surface area contributed by atoms with E-state index in [2.05, 4.69) is 5.32 Å². The van der Waals surface area contributed by atoms with Crippen molar-refractivity contribution in [3.8, 4) is 5.75 Å². The number of nitrogens with zero attached hydrogens (tertiary/aromatic N) is 1. The molecule has 1 aromatic carbocycles. The Labute approximate surface area is 113 Å². The fourth-order valence-corrected chi connectivity index (χ4v) is 1.91. The Balaban J connectivity index is 1.65. The van der Waals surface area contributed by atoms with Crippen LogP contribution in [0.5, 0.6) is 5.75 Å². The topological polar surface area (TPSA) is 50.8 Å². The van der Waals surface area contributed by atoms with Crippen molar-refractivity contribution in [2.45, 2.75) is 6.92 Å². The highest BCUT2D eigenvalue weighted by Crippen LogP contribution is 2.11. The van der Waals surface area contributed by atoms with Crippen LogP contribution in [0.4, 0.5) is 4.79 Å². The summed E-state index contributed by atoms with van der Waals surface area (Å²) in [6.45, 7) is 5.55. The Morgan fingerprint density at radius 3 is 2.95 bits per heavy atom. The van der Waals surface area contributed by atoms with Crippen molar-refractivity contribution in [3.05, 3.63) is 29.8 Å². The number of ether oxygens (including phenoxy) is 2. The summed E-state index contributed by atoms with van der Waals surface area (Å²) in [6.07, 6.45) is 0. The van der Waals surface area contributed by atoms with Gasteiger partial charge in [0.05, 0.1) is 19.8 Å². The van der Waals surface area contributed by atoms with Crippen LogP contribution in [0.15, 0.2) is 24.3 Å². The lowest BCUT2D eigenvalue weighted by Gasteiger charge is -2.26. The van der Waals surface area contributed by atoms with E-state index in [1.165, 1.54) is 0 Å². The molecule has 1 aromatic rings. The molecular formula is C14H20N2O3. The molecule has 1 aliphatic heterocycles. The van der Waals surface area contributed by atoms with Gasteiger partial charge in [-0.15, -0.1) is 0 Å². The van der Waals surface area contributed by atoms with Gasteiger partial charge in [0.1, 0.15) is 12.4 Å². The van der Waals surface area contributed by atoms with Crippen LogP contribution in [0.25, 0.3) is 0 Å². The summed E-state index contributed by atoms with van der Waals surface area (Å²) in [5.74, 6) is 0.834. The van der Waals surface area contributed by atoms with E-state index < -0.39 is 0 Å². The summed E-state index contributed by atoms with van der Waals surface area (Å²) in [7, 11) is 0. The maximum absolute atomic E-state index is 11.8. The molecule has 104 valence electrons. The second kappa shape index (κ2) is 6.99. The van der Waals surface area contributed by atoms with Gasteiger partial charge in [-0.3, -0.25) is 0 Å². The summed E-state index contributed by atoms with van der Waals surface area (Å²) in [5.41, 5.74) is 1.16. The molecule has 2 rings (SSSR count). The second-order valence-electron chi connectivity index (χ2n) is 4.50. The molecule has 0 aromatic heterocycles. The normalized spacial score (nSPS) is 15.1. The number of nitrogens with one attached hydrogen (secondary N) is 1. The van der Waals surface area contributed by atoms with Crippen LogP contribution < -0.4 is 10.1 Å². The maximum atomic E-state index is 11.8. The number of urea groups is 1. The fraction of sp³-hybridized carbons (Fsp3) is 0.500. The van der Waals surface area contributed by atoms with Crippen molar-refractivity contribution in [2.75, 3.05) is 39.5 Å². The summed E-state index contributed by atoms with van der Waals surface area (Å²) in [5, 5.41) is 2.84. The van der Waals surface area contributed by atoms with Gasteiger partial charge in [0.15, 0.2) is 0 Å². The number of amides is 2. The van der Waals surface area contributed by atoms with Crippen molar-refractivity contribution < 1.29 is 14.3 Å². The molecule has 0 saturated carbocycles. The highest BCUT2D eigenvalue weighted by atomic mass is 16.5. The molecule has 5 heteroatoms. The van der Waals surface area contributed by atoms with Crippen LogP contribution in [0.3, 0.4) is 0 Å². The molecule has 0 atom stereocenters. The SMILES string of the molecule is Cc1cccc(OCCNC(=O)N2CCOCC2)c1. The van der Waals surface area contributed by atoms with Gasteiger partial charge in [-0.1, -0.05) is 12.1 Å². The first-order valence-electron chi connectivity index (χ1n) is 6.56. The summed E-state index contributed by atoms with van der Waals surface area (Å²) in [4.78, 5) is 13.5. The van der Waals surface area contributed by atoms with Crippen LogP contribution in [-0.4, -0.2) is 50.4 Å². The molecule has 0 spiro atoms. The minimum absolute atomic E-state index is 0.0452. The van der Waals surface area contributed by atoms with Gasteiger partial charge in [-0.05, 0) is 24.6 Å². The second-order valence-corrected chi connectivity index (χ2v) is 4.50. The summed E-state index contributed by atoms with van der Waals surface area (Å²) in [6, 6.07) is 7.82. The molecule has 1 saturated heterocycles. The highest BCUT2D eigenvalue weighted by Gasteiger charge is 2.15. The molecule has 19 heavy (non-hydrogen) atoms. The van der Waals surface area contributed by atoms with Crippen molar-refractivity contribution in [1.29, 1.82) is 0 Å². The first-order valence-corrected chi connectivity index (χ1v) is 6.56. The van der Waals surface area contributed by atoms with E-state index in [1.54, 1.807) is 4.90 Å². The van der Waals surface area contributed by atoms with Crippen LogP contribution in [0.1, 0.15) is 5.56 Å². The molecule has 2 amide bonds. The van der Waals surface area contributed by atoms with E-state index in [0.717, 1.165) is 11.3 Å². The van der Waals surface area contributed by atoms with Crippen molar-refractivity contribution in [3.63, 3.8) is 0 Å². The van der Waals surface area contributed by atoms with E-state index in [4.69, 9.17) is 9.47 Å². The Morgan fingerprint density at radius 2 is 2.21 bits per heavy atom. The predicted octanol–water partition coefficient (Wildman–Crippen LogP) is 1.42. The lowest BCUT2D eigenvalue weighted by atomic mass is 10.2. The maximum Gasteiger partial charge on any atom is 0.317 e. The lowest BCUT2D eigenvalue weighted by molar-refractivity contribution is 0.0530. The van der Waals surface area contributed by atoms with Gasteiger partial charge >= 0.3 is 6.03 Å². The number of carbonyl (C=O) groups excluding carboxylic acids is 1. The third-order valence-electron chi connectivity index (χ3n) is 2.93. The first kappa shape index (κ1) is 13.7. The van der Waals surface area contributed by atoms with E-state index >= 15 is 0 Å². The van der Waals surface area contributed by atoms with Crippen LogP contribution in [-0.2, 0) is 4.74 Å². The largest absolute Gasteiger partial charge is 0.492 e. The molecule has 0 aliphatic carbocycles. The zero-order valence-electron chi connectivity index (χ0n) is 11.2. The van der Waals surface area contributed by atoms with Crippen LogP contribution in [0, 0.1) is 6.92 Å². The molecule has 1 N–H and O–H groups in total. The Hall–Kier alpha value is -1.75. The van der Waals surface area contributed by atoms with Crippen LogP contribution in [0.2, 0.25) is 0 Å². The summed E-state index contributed by atoms with van der Waals surface area (Å²) < 4.78 is 10.8. The van der Waals surface area contributed by atoms with E-state index in [9.17, 15) is 4.79 Å². The zero-order chi connectivity index (χ0) is 13.5. The molecule has 1 heterocycles. The molecule has 0 unspecified atom stereocenters. The van der Waals surface area contributed by atoms with E-state index in [0.29, 0.717) is 39.5 Å². The van der Waals surface area contributed by atoms with E-state index in [-0.39, 0.29) is 6.03 Å². The molecule has 0 bridgehead atoms. The van der Waals surface area contributed by atoms with Crippen molar-refractivity contribution in [2.24, 2.45) is 0 Å². The molecular weight excluding hydrogens is 244 g/mol. The van der Waals surface area contributed by atoms with Crippen molar-refractivity contribution >= 4 is 6.03 Å². The number of rotatable bonds is 4. The third kappa shape index (κ3) is 4.44. The third-order valence-corrected chi connectivity index (χ3v) is 2.93. The van der Waals surface area contributed by atoms with Gasteiger partial charge < -0.3 is 19.7 Å². The molecule has 1 fully saturated rings. The lowest BCUT2D eigenvalue weighted by Crippen LogP contribution is -2.47. The van der Waals surface area contributed by atoms with Gasteiger partial charge in [0.25, 0.3) is 0 Å². The van der Waals surface area contributed by atoms with Gasteiger partial charge in [-0.25, -0.2) is 4.79 Å². The number of morpholine rings is 1. The number of aryl methyl sites for hydroxylation is 1. The predicted molar refractivity (Wildman–Crippen MR) is 72.5 cm³/mol. The average Bonchev–Trinajstić information content (AvgIpc) is 2.44. The van der Waals surface area contributed by atoms with Crippen LogP contribution >= 0.6 is 0 Å². The Bertz CT molecular complexity index is 417. The number of hydrogen-bond donors (Lipinski definition) is 1. The number of benzene rings is 1. The molecule has 5 nitrogen and oxygen atoms in total. The summed E-state index contributed by atoms with van der Waals surface area (Å²) >= 11 is 0. The quantitative estimate of drug-likeness (QED) is 0.837. The van der Waals surface area contributed by atoms with Gasteiger partial charge in [-0.2, -0.15) is 0 Å². The van der Waals surface area contributed by atoms with Crippen molar-refractivity contribution in [1.82, 2.24) is 10.2 Å². The van der Waals surface area contributed by atoms with Gasteiger partial charge in [0, 0.05) is 13.1 Å². The minimum Gasteiger partial charge on any atom is -0.492 e. The van der Waals surface area contributed by atoms with Gasteiger partial charge in [0.2, 0.25) is 0 Å².